The zero-order valence-corrected chi connectivity index (χ0v) is 8.94. The van der Waals surface area contributed by atoms with Gasteiger partial charge in [-0.1, -0.05) is 0 Å². The Kier molecular flexibility index (Phi) is 4.76. The number of thiol groups is 1. The van der Waals surface area contributed by atoms with Crippen molar-refractivity contribution in [2.45, 2.75) is 26.9 Å². The molecular weight excluding hydrogens is 218 g/mol. The predicted molar refractivity (Wildman–Crippen MR) is 46.5 cm³/mol. The molecular formula is C7H12F2O4S. The fourth-order valence-electron chi connectivity index (χ4n) is 0.445. The second-order valence-corrected chi connectivity index (χ2v) is 3.77. The third-order valence-corrected chi connectivity index (χ3v) is 1.22. The summed E-state index contributed by atoms with van der Waals surface area (Å²) >= 11 is 2.97. The van der Waals surface area contributed by atoms with Crippen LogP contribution in [0.15, 0.2) is 0 Å². The highest BCUT2D eigenvalue weighted by atomic mass is 32.1. The Balaban J connectivity index is 4.00. The first-order chi connectivity index (χ1) is 6.19. The average Bonchev–Trinajstić information content (AvgIpc) is 1.98. The van der Waals surface area contributed by atoms with Crippen molar-refractivity contribution in [3.63, 3.8) is 0 Å². The van der Waals surface area contributed by atoms with Crippen molar-refractivity contribution in [2.75, 3.05) is 6.61 Å². The maximum atomic E-state index is 12.5. The van der Waals surface area contributed by atoms with Gasteiger partial charge in [0.2, 0.25) is 0 Å². The summed E-state index contributed by atoms with van der Waals surface area (Å²) in [6, 6.07) is 0. The van der Waals surface area contributed by atoms with Crippen LogP contribution in [0.5, 0.6) is 0 Å². The molecule has 0 atom stereocenters. The lowest BCUT2D eigenvalue weighted by molar-refractivity contribution is -0.391. The fraction of sp³-hybridized carbons (Fsp3) is 0.857. The number of rotatable bonds is 4. The lowest BCUT2D eigenvalue weighted by Gasteiger charge is -2.19. The molecule has 0 saturated carbocycles. The predicted octanol–water partition coefficient (Wildman–Crippen LogP) is 1.96. The zero-order valence-electron chi connectivity index (χ0n) is 8.04. The van der Waals surface area contributed by atoms with Crippen molar-refractivity contribution in [2.24, 2.45) is 5.41 Å². The molecule has 0 unspecified atom stereocenters. The molecule has 0 bridgehead atoms. The van der Waals surface area contributed by atoms with Crippen LogP contribution < -0.4 is 0 Å². The van der Waals surface area contributed by atoms with Crippen molar-refractivity contribution < 1.29 is 27.5 Å². The highest BCUT2D eigenvalue weighted by Crippen LogP contribution is 2.20. The van der Waals surface area contributed by atoms with E-state index in [1.807, 2.05) is 0 Å². The van der Waals surface area contributed by atoms with Crippen LogP contribution in [-0.4, -0.2) is 18.7 Å². The van der Waals surface area contributed by atoms with Gasteiger partial charge < -0.3 is 4.74 Å². The van der Waals surface area contributed by atoms with E-state index >= 15 is 0 Å². The third kappa shape index (κ3) is 5.36. The van der Waals surface area contributed by atoms with Crippen molar-refractivity contribution in [3.05, 3.63) is 0 Å². The van der Waals surface area contributed by atoms with Gasteiger partial charge in [0.15, 0.2) is 6.61 Å². The smallest absolute Gasteiger partial charge is 0.415 e. The minimum Gasteiger partial charge on any atom is -0.456 e. The SMILES string of the molecule is CC(C)(C)C(=O)OCC(F)(F)OOS. The number of carbonyl (C=O) groups excluding carboxylic acids is 1. The first kappa shape index (κ1) is 13.6. The molecule has 0 aliphatic rings. The van der Waals surface area contributed by atoms with Gasteiger partial charge in [0.05, 0.1) is 5.41 Å². The number of hydrogen-bond donors (Lipinski definition) is 1. The molecule has 0 aliphatic carbocycles. The van der Waals surface area contributed by atoms with Gasteiger partial charge in [-0.2, -0.15) is 13.1 Å². The van der Waals surface area contributed by atoms with Crippen LogP contribution in [0.25, 0.3) is 0 Å². The summed E-state index contributed by atoms with van der Waals surface area (Å²) in [4.78, 5) is 14.5. The Bertz CT molecular complexity index is 202. The highest BCUT2D eigenvalue weighted by molar-refractivity contribution is 7.74. The van der Waals surface area contributed by atoms with E-state index < -0.39 is 24.1 Å². The molecule has 0 aliphatic heterocycles. The van der Waals surface area contributed by atoms with Crippen LogP contribution in [0.1, 0.15) is 20.8 Å². The van der Waals surface area contributed by atoms with Crippen LogP contribution in [0.3, 0.4) is 0 Å². The zero-order chi connectivity index (χ0) is 11.4. The lowest BCUT2D eigenvalue weighted by Crippen LogP contribution is -2.32. The molecule has 0 radical (unpaired) electrons. The molecule has 4 nitrogen and oxygen atoms in total. The summed E-state index contributed by atoms with van der Waals surface area (Å²) in [6.45, 7) is 3.43. The normalized spacial score (nSPS) is 12.7. The minimum atomic E-state index is -3.69. The molecule has 14 heavy (non-hydrogen) atoms. The molecule has 84 valence electrons. The quantitative estimate of drug-likeness (QED) is 0.263. The lowest BCUT2D eigenvalue weighted by atomic mass is 9.97. The van der Waals surface area contributed by atoms with Gasteiger partial charge in [-0.15, -0.1) is 4.89 Å². The highest BCUT2D eigenvalue weighted by Gasteiger charge is 2.35. The van der Waals surface area contributed by atoms with Crippen LogP contribution >= 0.6 is 12.9 Å². The topological polar surface area (TPSA) is 44.8 Å². The van der Waals surface area contributed by atoms with E-state index in [9.17, 15) is 13.6 Å². The summed E-state index contributed by atoms with van der Waals surface area (Å²) < 4.78 is 32.8. The Hall–Kier alpha value is -0.400. The van der Waals surface area contributed by atoms with Crippen molar-refractivity contribution >= 4 is 18.9 Å². The monoisotopic (exact) mass is 230 g/mol. The van der Waals surface area contributed by atoms with E-state index in [4.69, 9.17) is 0 Å². The minimum absolute atomic E-state index is 0.750. The van der Waals surface area contributed by atoms with E-state index in [2.05, 4.69) is 26.9 Å². The van der Waals surface area contributed by atoms with Gasteiger partial charge in [0.1, 0.15) is 0 Å². The van der Waals surface area contributed by atoms with Crippen molar-refractivity contribution in [3.8, 4) is 0 Å². The molecule has 7 heteroatoms. The maximum Gasteiger partial charge on any atom is 0.415 e. The number of alkyl halides is 2. The van der Waals surface area contributed by atoms with E-state index in [-0.39, 0.29) is 0 Å². The average molecular weight is 230 g/mol. The molecule has 0 aromatic heterocycles. The number of ether oxygens (including phenoxy) is 1. The van der Waals surface area contributed by atoms with Gasteiger partial charge in [0, 0.05) is 12.9 Å². The third-order valence-electron chi connectivity index (χ3n) is 1.14. The molecule has 0 saturated heterocycles. The van der Waals surface area contributed by atoms with E-state index in [0.717, 1.165) is 0 Å². The van der Waals surface area contributed by atoms with E-state index in [1.165, 1.54) is 0 Å². The summed E-state index contributed by atoms with van der Waals surface area (Å²) in [5.74, 6) is -0.750. The number of halogens is 2. The Morgan fingerprint density at radius 3 is 2.21 bits per heavy atom. The van der Waals surface area contributed by atoms with E-state index in [0.29, 0.717) is 0 Å². The molecule has 0 heterocycles. The largest absolute Gasteiger partial charge is 0.456 e. The van der Waals surface area contributed by atoms with Gasteiger partial charge >= 0.3 is 12.1 Å². The Morgan fingerprint density at radius 1 is 1.36 bits per heavy atom. The van der Waals surface area contributed by atoms with Gasteiger partial charge in [-0.25, -0.2) is 0 Å². The van der Waals surface area contributed by atoms with Crippen LogP contribution in [0.4, 0.5) is 8.78 Å². The first-order valence-corrected chi connectivity index (χ1v) is 4.10. The van der Waals surface area contributed by atoms with Crippen LogP contribution in [-0.2, 0) is 18.8 Å². The number of esters is 1. The van der Waals surface area contributed by atoms with Gasteiger partial charge in [0.25, 0.3) is 0 Å². The number of hydrogen-bond acceptors (Lipinski definition) is 5. The summed E-state index contributed by atoms with van der Waals surface area (Å²) in [6.07, 6.45) is -3.69. The first-order valence-electron chi connectivity index (χ1n) is 3.73. The van der Waals surface area contributed by atoms with Crippen LogP contribution in [0, 0.1) is 5.41 Å². The van der Waals surface area contributed by atoms with E-state index in [1.54, 1.807) is 20.8 Å². The summed E-state index contributed by atoms with van der Waals surface area (Å²) in [5, 5.41) is 0. The fourth-order valence-corrected chi connectivity index (χ4v) is 0.554. The molecule has 0 spiro atoms. The summed E-state index contributed by atoms with van der Waals surface area (Å²) in [5.41, 5.74) is -0.835. The molecule has 0 aromatic carbocycles. The van der Waals surface area contributed by atoms with Gasteiger partial charge in [-0.05, 0) is 20.8 Å². The maximum absolute atomic E-state index is 12.5. The molecule has 0 aromatic rings. The second kappa shape index (κ2) is 4.90. The van der Waals surface area contributed by atoms with Crippen molar-refractivity contribution in [1.82, 2.24) is 0 Å². The van der Waals surface area contributed by atoms with Crippen LogP contribution in [0.2, 0.25) is 0 Å². The standard InChI is InChI=1S/C7H12F2O4S/c1-6(2,3)5(10)11-4-7(8,9)12-13-14/h14H,4H2,1-3H3. The Labute approximate surface area is 86.1 Å². The molecule has 0 N–H and O–H groups in total. The molecule has 0 amide bonds. The van der Waals surface area contributed by atoms with Crippen molar-refractivity contribution in [1.29, 1.82) is 0 Å². The molecule has 0 fully saturated rings. The second-order valence-electron chi connectivity index (χ2n) is 3.62. The number of carbonyl (C=O) groups is 1. The Morgan fingerprint density at radius 2 is 1.86 bits per heavy atom. The summed E-state index contributed by atoms with van der Waals surface area (Å²) in [7, 11) is 0. The molecule has 0 rings (SSSR count). The van der Waals surface area contributed by atoms with Gasteiger partial charge in [-0.3, -0.25) is 4.79 Å².